The number of sulfone groups is 1. The Bertz CT molecular complexity index is 613. The number of aliphatic carboxylic acids is 1. The molecule has 23 heavy (non-hydrogen) atoms. The van der Waals surface area contributed by atoms with Crippen LogP contribution < -0.4 is 0 Å². The van der Waals surface area contributed by atoms with Crippen LogP contribution in [-0.4, -0.2) is 54.9 Å². The molecule has 0 atom stereocenters. The third-order valence-electron chi connectivity index (χ3n) is 3.44. The summed E-state index contributed by atoms with van der Waals surface area (Å²) in [5, 5.41) is 8.64. The van der Waals surface area contributed by atoms with Gasteiger partial charge in [0.1, 0.15) is 5.75 Å². The first kappa shape index (κ1) is 19.2. The zero-order valence-electron chi connectivity index (χ0n) is 13.3. The van der Waals surface area contributed by atoms with Gasteiger partial charge < -0.3 is 10.0 Å². The molecule has 7 heteroatoms. The highest BCUT2D eigenvalue weighted by atomic mass is 32.2. The summed E-state index contributed by atoms with van der Waals surface area (Å²) in [5.41, 5.74) is 1.06. The average molecular weight is 341 g/mol. The number of aryl methyl sites for hydroxylation is 1. The van der Waals surface area contributed by atoms with E-state index < -0.39 is 27.5 Å². The number of hydrogen-bond acceptors (Lipinski definition) is 4. The Morgan fingerprint density at radius 2 is 1.83 bits per heavy atom. The lowest BCUT2D eigenvalue weighted by molar-refractivity contribution is -0.138. The zero-order chi connectivity index (χ0) is 17.3. The Kier molecular flexibility index (Phi) is 7.74. The largest absolute Gasteiger partial charge is 0.481 e. The molecule has 0 aromatic heterocycles. The summed E-state index contributed by atoms with van der Waals surface area (Å²) >= 11 is 0. The molecule has 1 rings (SSSR count). The van der Waals surface area contributed by atoms with Crippen molar-refractivity contribution in [3.63, 3.8) is 0 Å². The number of amides is 1. The van der Waals surface area contributed by atoms with Crippen molar-refractivity contribution >= 4 is 21.7 Å². The predicted molar refractivity (Wildman–Crippen MR) is 87.9 cm³/mol. The van der Waals surface area contributed by atoms with E-state index in [2.05, 4.69) is 0 Å². The van der Waals surface area contributed by atoms with Gasteiger partial charge >= 0.3 is 5.97 Å². The van der Waals surface area contributed by atoms with E-state index in [1.165, 1.54) is 4.90 Å². The number of rotatable bonds is 10. The van der Waals surface area contributed by atoms with Crippen LogP contribution >= 0.6 is 0 Å². The minimum absolute atomic E-state index is 0.0319. The minimum atomic E-state index is -3.48. The Labute approximate surface area is 137 Å². The third kappa shape index (κ3) is 7.78. The van der Waals surface area contributed by atoms with Crippen molar-refractivity contribution < 1.29 is 23.1 Å². The summed E-state index contributed by atoms with van der Waals surface area (Å²) in [4.78, 5) is 23.8. The number of hydrogen-bond donors (Lipinski definition) is 1. The molecule has 0 heterocycles. The van der Waals surface area contributed by atoms with E-state index in [1.807, 2.05) is 30.3 Å². The Hall–Kier alpha value is -1.89. The molecule has 0 saturated carbocycles. The lowest BCUT2D eigenvalue weighted by Gasteiger charge is -2.19. The molecule has 0 saturated heterocycles. The Morgan fingerprint density at radius 1 is 1.17 bits per heavy atom. The fraction of sp³-hybridized carbons (Fsp3) is 0.500. The van der Waals surface area contributed by atoms with Crippen LogP contribution in [0.2, 0.25) is 0 Å². The molecule has 0 spiro atoms. The first-order valence-corrected chi connectivity index (χ1v) is 9.40. The second-order valence-corrected chi connectivity index (χ2v) is 7.48. The zero-order valence-corrected chi connectivity index (χ0v) is 14.1. The molecule has 0 fully saturated rings. The molecule has 128 valence electrons. The van der Waals surface area contributed by atoms with Crippen molar-refractivity contribution in [2.24, 2.45) is 0 Å². The molecule has 6 nitrogen and oxygen atoms in total. The maximum Gasteiger partial charge on any atom is 0.305 e. The molecule has 1 aromatic carbocycles. The van der Waals surface area contributed by atoms with Gasteiger partial charge in [0.15, 0.2) is 9.84 Å². The first-order valence-electron chi connectivity index (χ1n) is 7.58. The minimum Gasteiger partial charge on any atom is -0.481 e. The highest BCUT2D eigenvalue weighted by molar-refractivity contribution is 7.92. The van der Waals surface area contributed by atoms with E-state index in [9.17, 15) is 18.0 Å². The van der Waals surface area contributed by atoms with Crippen molar-refractivity contribution in [3.05, 3.63) is 35.9 Å². The number of carbonyl (C=O) groups is 2. The van der Waals surface area contributed by atoms with Crippen LogP contribution in [0.1, 0.15) is 25.3 Å². The van der Waals surface area contributed by atoms with Gasteiger partial charge in [-0.15, -0.1) is 0 Å². The molecule has 0 radical (unpaired) electrons. The monoisotopic (exact) mass is 341 g/mol. The lowest BCUT2D eigenvalue weighted by Crippen LogP contribution is -2.37. The van der Waals surface area contributed by atoms with E-state index >= 15 is 0 Å². The number of benzene rings is 1. The highest BCUT2D eigenvalue weighted by Gasteiger charge is 2.21. The molecule has 0 aliphatic heterocycles. The summed E-state index contributed by atoms with van der Waals surface area (Å²) in [6.07, 6.45) is 0.916. The quantitative estimate of drug-likeness (QED) is 0.694. The normalized spacial score (nSPS) is 11.2. The Balaban J connectivity index is 2.46. The fourth-order valence-electron chi connectivity index (χ4n) is 2.18. The van der Waals surface area contributed by atoms with Gasteiger partial charge in [-0.2, -0.15) is 0 Å². The van der Waals surface area contributed by atoms with Gasteiger partial charge in [0.05, 0.1) is 12.2 Å². The van der Waals surface area contributed by atoms with Crippen LogP contribution in [0.3, 0.4) is 0 Å². The van der Waals surface area contributed by atoms with Gasteiger partial charge in [-0.3, -0.25) is 9.59 Å². The SMILES string of the molecule is CCN(CCC(=O)O)C(=O)CS(=O)(=O)CCCc1ccccc1. The molecule has 1 aromatic rings. The van der Waals surface area contributed by atoms with Crippen LogP contribution in [-0.2, 0) is 25.8 Å². The molecule has 1 amide bonds. The maximum absolute atomic E-state index is 12.0. The Morgan fingerprint density at radius 3 is 2.39 bits per heavy atom. The highest BCUT2D eigenvalue weighted by Crippen LogP contribution is 2.06. The summed E-state index contributed by atoms with van der Waals surface area (Å²) in [7, 11) is -3.48. The molecular weight excluding hydrogens is 318 g/mol. The van der Waals surface area contributed by atoms with Crippen molar-refractivity contribution in [2.75, 3.05) is 24.6 Å². The number of carboxylic acid groups (broad SMARTS) is 1. The summed E-state index contributed by atoms with van der Waals surface area (Å²) in [6, 6.07) is 9.56. The van der Waals surface area contributed by atoms with E-state index in [0.29, 0.717) is 19.4 Å². The third-order valence-corrected chi connectivity index (χ3v) is 5.03. The van der Waals surface area contributed by atoms with Crippen LogP contribution in [0.25, 0.3) is 0 Å². The van der Waals surface area contributed by atoms with Crippen LogP contribution in [0.4, 0.5) is 0 Å². The predicted octanol–water partition coefficient (Wildman–Crippen LogP) is 1.36. The van der Waals surface area contributed by atoms with Crippen molar-refractivity contribution in [1.29, 1.82) is 0 Å². The van der Waals surface area contributed by atoms with Gasteiger partial charge in [-0.25, -0.2) is 8.42 Å². The van der Waals surface area contributed by atoms with Crippen LogP contribution in [0.5, 0.6) is 0 Å². The summed E-state index contributed by atoms with van der Waals surface area (Å²) in [5.74, 6) is -2.16. The van der Waals surface area contributed by atoms with Gasteiger partial charge in [0.2, 0.25) is 5.91 Å². The molecule has 0 aliphatic rings. The number of carboxylic acids is 1. The summed E-state index contributed by atoms with van der Waals surface area (Å²) < 4.78 is 24.1. The van der Waals surface area contributed by atoms with Crippen molar-refractivity contribution in [2.45, 2.75) is 26.2 Å². The first-order chi connectivity index (χ1) is 10.8. The maximum atomic E-state index is 12.0. The van der Waals surface area contributed by atoms with Crippen molar-refractivity contribution in [1.82, 2.24) is 4.90 Å². The molecule has 0 bridgehead atoms. The van der Waals surface area contributed by atoms with Crippen LogP contribution in [0, 0.1) is 0 Å². The molecule has 0 unspecified atom stereocenters. The fourth-order valence-corrected chi connectivity index (χ4v) is 3.47. The van der Waals surface area contributed by atoms with Gasteiger partial charge in [0.25, 0.3) is 0 Å². The standard InChI is InChI=1S/C16H23NO5S/c1-2-17(11-10-16(19)20)15(18)13-23(21,22)12-6-9-14-7-4-3-5-8-14/h3-5,7-8H,2,6,9-13H2,1H3,(H,19,20). The van der Waals surface area contributed by atoms with Gasteiger partial charge in [-0.1, -0.05) is 30.3 Å². The molecular formula is C16H23NO5S. The number of carbonyl (C=O) groups excluding carboxylic acids is 1. The van der Waals surface area contributed by atoms with Gasteiger partial charge in [0, 0.05) is 13.1 Å². The van der Waals surface area contributed by atoms with Crippen molar-refractivity contribution in [3.8, 4) is 0 Å². The molecule has 1 N–H and O–H groups in total. The topological polar surface area (TPSA) is 91.8 Å². The second kappa shape index (κ2) is 9.29. The number of nitrogens with zero attached hydrogens (tertiary/aromatic N) is 1. The van der Waals surface area contributed by atoms with E-state index in [1.54, 1.807) is 6.92 Å². The van der Waals surface area contributed by atoms with Crippen LogP contribution in [0.15, 0.2) is 30.3 Å². The smallest absolute Gasteiger partial charge is 0.305 e. The van der Waals surface area contributed by atoms with E-state index in [-0.39, 0.29) is 18.7 Å². The van der Waals surface area contributed by atoms with Gasteiger partial charge in [-0.05, 0) is 25.3 Å². The van der Waals surface area contributed by atoms with E-state index in [4.69, 9.17) is 5.11 Å². The average Bonchev–Trinajstić information content (AvgIpc) is 2.48. The molecule has 0 aliphatic carbocycles. The summed E-state index contributed by atoms with van der Waals surface area (Å²) in [6.45, 7) is 2.03. The van der Waals surface area contributed by atoms with E-state index in [0.717, 1.165) is 5.56 Å². The lowest BCUT2D eigenvalue weighted by atomic mass is 10.1. The second-order valence-electron chi connectivity index (χ2n) is 5.30.